The van der Waals surface area contributed by atoms with Gasteiger partial charge in [-0.25, -0.2) is 10.9 Å². The van der Waals surface area contributed by atoms with Crippen molar-refractivity contribution in [1.29, 1.82) is 0 Å². The van der Waals surface area contributed by atoms with Crippen LogP contribution in [0, 0.1) is 0 Å². The van der Waals surface area contributed by atoms with Gasteiger partial charge < -0.3 is 14.4 Å². The number of benzene rings is 1. The van der Waals surface area contributed by atoms with Crippen molar-refractivity contribution in [3.8, 4) is 11.5 Å². The Morgan fingerprint density at radius 1 is 1.10 bits per heavy atom. The number of nitrogens with zero attached hydrogens (tertiary/aromatic N) is 3. The van der Waals surface area contributed by atoms with Crippen LogP contribution in [0.15, 0.2) is 42.7 Å². The maximum Gasteiger partial charge on any atom is 0.241 e. The Morgan fingerprint density at radius 2 is 1.97 bits per heavy atom. The van der Waals surface area contributed by atoms with Gasteiger partial charge in [0.15, 0.2) is 11.5 Å². The van der Waals surface area contributed by atoms with Crippen LogP contribution in [0.25, 0.3) is 0 Å². The second kappa shape index (κ2) is 7.98. The summed E-state index contributed by atoms with van der Waals surface area (Å²) in [5, 5.41) is 0. The number of carbonyl (C=O) groups is 1. The van der Waals surface area contributed by atoms with Crippen molar-refractivity contribution in [2.24, 2.45) is 0 Å². The first-order valence-corrected chi connectivity index (χ1v) is 10.1. The van der Waals surface area contributed by atoms with Crippen LogP contribution in [-0.4, -0.2) is 59.7 Å². The molecule has 0 saturated carbocycles. The third-order valence-electron chi connectivity index (χ3n) is 5.82. The normalized spacial score (nSPS) is 24.1. The molecule has 3 aliphatic rings. The first-order chi connectivity index (χ1) is 14.3. The van der Waals surface area contributed by atoms with E-state index in [-0.39, 0.29) is 18.0 Å². The highest BCUT2D eigenvalue weighted by molar-refractivity contribution is 5.82. The van der Waals surface area contributed by atoms with Crippen molar-refractivity contribution >= 4 is 5.91 Å². The summed E-state index contributed by atoms with van der Waals surface area (Å²) in [5.74, 6) is 1.80. The van der Waals surface area contributed by atoms with Gasteiger partial charge in [-0.15, -0.1) is 0 Å². The summed E-state index contributed by atoms with van der Waals surface area (Å²) in [6.45, 7) is 4.38. The number of hydrazine groups is 1. The molecule has 8 nitrogen and oxygen atoms in total. The number of fused-ring (bicyclic) bond motifs is 1. The smallest absolute Gasteiger partial charge is 0.241 e. The SMILES string of the molecule is O=C(C1CC(c2cccnc2)NN1)N1CCN(Cc2ccc3c(c2)OCO3)CC1. The van der Waals surface area contributed by atoms with E-state index in [1.165, 1.54) is 5.56 Å². The summed E-state index contributed by atoms with van der Waals surface area (Å²) in [4.78, 5) is 21.4. The lowest BCUT2D eigenvalue weighted by molar-refractivity contribution is -0.135. The maximum absolute atomic E-state index is 12.9. The van der Waals surface area contributed by atoms with Crippen LogP contribution in [0.1, 0.15) is 23.6 Å². The zero-order valence-electron chi connectivity index (χ0n) is 16.2. The summed E-state index contributed by atoms with van der Waals surface area (Å²) < 4.78 is 10.8. The zero-order chi connectivity index (χ0) is 19.6. The standard InChI is InChI=1S/C21H25N5O3/c27-21(18-11-17(23-24-18)16-2-1-5-22-12-16)26-8-6-25(7-9-26)13-15-3-4-19-20(10-15)29-14-28-19/h1-5,10,12,17-18,23-24H,6-9,11,13-14H2. The second-order valence-corrected chi connectivity index (χ2v) is 7.70. The summed E-state index contributed by atoms with van der Waals surface area (Å²) in [6, 6.07) is 9.98. The van der Waals surface area contributed by atoms with Gasteiger partial charge in [-0.1, -0.05) is 12.1 Å². The monoisotopic (exact) mass is 395 g/mol. The van der Waals surface area contributed by atoms with E-state index in [9.17, 15) is 4.79 Å². The van der Waals surface area contributed by atoms with E-state index in [1.54, 1.807) is 6.20 Å². The Kier molecular flexibility index (Phi) is 5.05. The molecule has 2 saturated heterocycles. The van der Waals surface area contributed by atoms with Gasteiger partial charge in [-0.3, -0.25) is 14.7 Å². The van der Waals surface area contributed by atoms with Crippen LogP contribution in [0.5, 0.6) is 11.5 Å². The quantitative estimate of drug-likeness (QED) is 0.802. The molecule has 0 radical (unpaired) electrons. The van der Waals surface area contributed by atoms with Gasteiger partial charge in [0.1, 0.15) is 6.04 Å². The molecular formula is C21H25N5O3. The fraction of sp³-hybridized carbons (Fsp3) is 0.429. The van der Waals surface area contributed by atoms with E-state index < -0.39 is 0 Å². The molecule has 4 heterocycles. The van der Waals surface area contributed by atoms with Crippen LogP contribution < -0.4 is 20.3 Å². The average Bonchev–Trinajstić information content (AvgIpc) is 3.44. The Hall–Kier alpha value is -2.68. The highest BCUT2D eigenvalue weighted by Gasteiger charge is 2.34. The van der Waals surface area contributed by atoms with Gasteiger partial charge in [0.25, 0.3) is 0 Å². The molecule has 152 valence electrons. The van der Waals surface area contributed by atoms with E-state index >= 15 is 0 Å². The number of amides is 1. The molecule has 1 aromatic heterocycles. The van der Waals surface area contributed by atoms with Gasteiger partial charge in [0.05, 0.1) is 0 Å². The lowest BCUT2D eigenvalue weighted by Crippen LogP contribution is -2.53. The van der Waals surface area contributed by atoms with Gasteiger partial charge >= 0.3 is 0 Å². The summed E-state index contributed by atoms with van der Waals surface area (Å²) >= 11 is 0. The average molecular weight is 395 g/mol. The predicted molar refractivity (Wildman–Crippen MR) is 106 cm³/mol. The Bertz CT molecular complexity index is 870. The van der Waals surface area contributed by atoms with Crippen molar-refractivity contribution < 1.29 is 14.3 Å². The molecule has 1 amide bonds. The highest BCUT2D eigenvalue weighted by Crippen LogP contribution is 2.33. The van der Waals surface area contributed by atoms with Crippen LogP contribution >= 0.6 is 0 Å². The second-order valence-electron chi connectivity index (χ2n) is 7.70. The number of hydrogen-bond donors (Lipinski definition) is 2. The van der Waals surface area contributed by atoms with Gasteiger partial charge in [0, 0.05) is 51.2 Å². The Labute approximate surface area is 169 Å². The molecule has 0 bridgehead atoms. The molecule has 5 rings (SSSR count). The maximum atomic E-state index is 12.9. The number of ether oxygens (including phenoxy) is 2. The fourth-order valence-corrected chi connectivity index (χ4v) is 4.16. The molecule has 2 fully saturated rings. The minimum absolute atomic E-state index is 0.116. The molecule has 0 aliphatic carbocycles. The first kappa shape index (κ1) is 18.4. The van der Waals surface area contributed by atoms with Crippen LogP contribution in [0.3, 0.4) is 0 Å². The highest BCUT2D eigenvalue weighted by atomic mass is 16.7. The summed E-state index contributed by atoms with van der Waals surface area (Å²) in [7, 11) is 0. The van der Waals surface area contributed by atoms with Crippen LogP contribution in [0.4, 0.5) is 0 Å². The Morgan fingerprint density at radius 3 is 2.79 bits per heavy atom. The minimum atomic E-state index is -0.194. The topological polar surface area (TPSA) is 79.0 Å². The number of carbonyl (C=O) groups excluding carboxylic acids is 1. The molecule has 1 aromatic carbocycles. The number of nitrogens with one attached hydrogen (secondary N) is 2. The van der Waals surface area contributed by atoms with E-state index in [2.05, 4.69) is 26.8 Å². The van der Waals surface area contributed by atoms with Crippen molar-refractivity contribution in [1.82, 2.24) is 25.6 Å². The predicted octanol–water partition coefficient (Wildman–Crippen LogP) is 1.06. The number of aromatic nitrogens is 1. The zero-order valence-corrected chi connectivity index (χ0v) is 16.2. The van der Waals surface area contributed by atoms with Crippen molar-refractivity contribution in [3.05, 3.63) is 53.9 Å². The van der Waals surface area contributed by atoms with Gasteiger partial charge in [-0.2, -0.15) is 0 Å². The minimum Gasteiger partial charge on any atom is -0.454 e. The fourth-order valence-electron chi connectivity index (χ4n) is 4.16. The first-order valence-electron chi connectivity index (χ1n) is 10.1. The molecule has 2 unspecified atom stereocenters. The van der Waals surface area contributed by atoms with E-state index in [0.717, 1.165) is 56.2 Å². The summed E-state index contributed by atoms with van der Waals surface area (Å²) in [6.07, 6.45) is 4.35. The largest absolute Gasteiger partial charge is 0.454 e. The lowest BCUT2D eigenvalue weighted by Gasteiger charge is -2.35. The van der Waals surface area contributed by atoms with E-state index in [0.29, 0.717) is 6.79 Å². The van der Waals surface area contributed by atoms with E-state index in [1.807, 2.05) is 35.4 Å². The molecule has 8 heteroatoms. The summed E-state index contributed by atoms with van der Waals surface area (Å²) in [5.41, 5.74) is 8.71. The molecule has 2 aromatic rings. The molecule has 2 N–H and O–H groups in total. The van der Waals surface area contributed by atoms with E-state index in [4.69, 9.17) is 9.47 Å². The van der Waals surface area contributed by atoms with Gasteiger partial charge in [0.2, 0.25) is 12.7 Å². The lowest BCUT2D eigenvalue weighted by atomic mass is 10.0. The van der Waals surface area contributed by atoms with Crippen molar-refractivity contribution in [3.63, 3.8) is 0 Å². The number of pyridine rings is 1. The number of rotatable bonds is 4. The molecular weight excluding hydrogens is 370 g/mol. The van der Waals surface area contributed by atoms with Crippen LogP contribution in [0.2, 0.25) is 0 Å². The van der Waals surface area contributed by atoms with Gasteiger partial charge in [-0.05, 0) is 35.7 Å². The number of hydrogen-bond acceptors (Lipinski definition) is 7. The molecule has 29 heavy (non-hydrogen) atoms. The van der Waals surface area contributed by atoms with Crippen molar-refractivity contribution in [2.75, 3.05) is 33.0 Å². The molecule has 2 atom stereocenters. The third kappa shape index (κ3) is 3.91. The number of piperazine rings is 1. The van der Waals surface area contributed by atoms with Crippen LogP contribution in [-0.2, 0) is 11.3 Å². The molecule has 3 aliphatic heterocycles. The van der Waals surface area contributed by atoms with Crippen molar-refractivity contribution in [2.45, 2.75) is 25.0 Å². The molecule has 0 spiro atoms. The Balaban J connectivity index is 1.12. The third-order valence-corrected chi connectivity index (χ3v) is 5.82.